The smallest absolute Gasteiger partial charge is 0.243 e. The van der Waals surface area contributed by atoms with Crippen LogP contribution in [-0.2, 0) is 10.0 Å². The first-order valence-electron chi connectivity index (χ1n) is 7.99. The number of piperidine rings is 1. The number of rotatable bonds is 3. The van der Waals surface area contributed by atoms with Gasteiger partial charge in [0.15, 0.2) is 0 Å². The Balaban J connectivity index is 1.71. The van der Waals surface area contributed by atoms with Gasteiger partial charge in [0.25, 0.3) is 0 Å². The number of nitrogens with zero attached hydrogens (tertiary/aromatic N) is 2. The zero-order valence-corrected chi connectivity index (χ0v) is 13.8. The summed E-state index contributed by atoms with van der Waals surface area (Å²) in [5, 5.41) is 0. The summed E-state index contributed by atoms with van der Waals surface area (Å²) in [6.45, 7) is 5.05. The van der Waals surface area contributed by atoms with E-state index in [4.69, 9.17) is 0 Å². The van der Waals surface area contributed by atoms with Crippen LogP contribution in [0.3, 0.4) is 0 Å². The van der Waals surface area contributed by atoms with E-state index in [0.29, 0.717) is 24.7 Å². The van der Waals surface area contributed by atoms with Crippen LogP contribution >= 0.6 is 0 Å². The first-order chi connectivity index (χ1) is 10.5. The van der Waals surface area contributed by atoms with Gasteiger partial charge in [0.1, 0.15) is 5.82 Å². The first-order valence-corrected chi connectivity index (χ1v) is 9.43. The predicted molar refractivity (Wildman–Crippen MR) is 83.7 cm³/mol. The Morgan fingerprint density at radius 3 is 2.32 bits per heavy atom. The lowest BCUT2D eigenvalue weighted by Crippen LogP contribution is -2.45. The Morgan fingerprint density at radius 1 is 1.09 bits per heavy atom. The summed E-state index contributed by atoms with van der Waals surface area (Å²) >= 11 is 0. The van der Waals surface area contributed by atoms with Gasteiger partial charge in [-0.3, -0.25) is 0 Å². The fourth-order valence-electron chi connectivity index (χ4n) is 3.60. The molecule has 0 atom stereocenters. The third kappa shape index (κ3) is 3.05. The largest absolute Gasteiger partial charge is 0.300 e. The van der Waals surface area contributed by atoms with Crippen molar-refractivity contribution in [3.63, 3.8) is 0 Å². The molecule has 0 aromatic heterocycles. The van der Waals surface area contributed by atoms with Crippen molar-refractivity contribution in [3.8, 4) is 0 Å². The van der Waals surface area contributed by atoms with Gasteiger partial charge >= 0.3 is 0 Å². The summed E-state index contributed by atoms with van der Waals surface area (Å²) < 4.78 is 40.2. The molecule has 0 unspecified atom stereocenters. The zero-order valence-electron chi connectivity index (χ0n) is 13.0. The molecule has 2 saturated heterocycles. The van der Waals surface area contributed by atoms with Crippen molar-refractivity contribution in [1.29, 1.82) is 0 Å². The number of sulfonamides is 1. The summed E-state index contributed by atoms with van der Waals surface area (Å²) in [6.07, 6.45) is 4.29. The molecule has 2 fully saturated rings. The molecular formula is C16H23FN2O2S. The lowest BCUT2D eigenvalue weighted by Gasteiger charge is -2.36. The average Bonchev–Trinajstić information content (AvgIpc) is 3.01. The molecule has 22 heavy (non-hydrogen) atoms. The van der Waals surface area contributed by atoms with E-state index in [0.717, 1.165) is 25.9 Å². The molecule has 0 aliphatic carbocycles. The number of aryl methyl sites for hydroxylation is 1. The van der Waals surface area contributed by atoms with Gasteiger partial charge < -0.3 is 4.90 Å². The number of hydrogen-bond donors (Lipinski definition) is 0. The molecule has 4 nitrogen and oxygen atoms in total. The number of likely N-dealkylation sites (tertiary alicyclic amines) is 1. The van der Waals surface area contributed by atoms with Crippen LogP contribution in [0.15, 0.2) is 23.1 Å². The normalized spacial score (nSPS) is 22.3. The predicted octanol–water partition coefficient (Wildman–Crippen LogP) is 2.38. The first kappa shape index (κ1) is 15.9. The van der Waals surface area contributed by atoms with Crippen LogP contribution in [0.4, 0.5) is 4.39 Å². The van der Waals surface area contributed by atoms with Crippen molar-refractivity contribution in [2.24, 2.45) is 0 Å². The molecule has 0 spiro atoms. The average molecular weight is 326 g/mol. The number of hydrogen-bond acceptors (Lipinski definition) is 3. The van der Waals surface area contributed by atoms with Crippen LogP contribution in [-0.4, -0.2) is 49.8 Å². The van der Waals surface area contributed by atoms with Crippen LogP contribution in [0.25, 0.3) is 0 Å². The van der Waals surface area contributed by atoms with Crippen molar-refractivity contribution in [1.82, 2.24) is 9.21 Å². The highest BCUT2D eigenvalue weighted by Crippen LogP contribution is 2.26. The van der Waals surface area contributed by atoms with Gasteiger partial charge in [-0.05, 0) is 69.5 Å². The molecule has 1 aromatic carbocycles. The molecule has 0 N–H and O–H groups in total. The Morgan fingerprint density at radius 2 is 1.73 bits per heavy atom. The van der Waals surface area contributed by atoms with Crippen molar-refractivity contribution in [3.05, 3.63) is 29.6 Å². The maximum absolute atomic E-state index is 13.2. The Bertz CT molecular complexity index is 634. The molecule has 0 radical (unpaired) electrons. The van der Waals surface area contributed by atoms with E-state index in [9.17, 15) is 12.8 Å². The molecule has 6 heteroatoms. The standard InChI is InChI=1S/C16H23FN2O2S/c1-13-12-14(17)4-5-16(13)22(20,21)19-10-6-15(7-11-19)18-8-2-3-9-18/h4-5,12,15H,2-3,6-11H2,1H3. The SMILES string of the molecule is Cc1cc(F)ccc1S(=O)(=O)N1CCC(N2CCCC2)CC1. The van der Waals surface area contributed by atoms with Crippen LogP contribution in [0.2, 0.25) is 0 Å². The fourth-order valence-corrected chi connectivity index (χ4v) is 5.27. The highest BCUT2D eigenvalue weighted by Gasteiger charge is 2.33. The monoisotopic (exact) mass is 326 g/mol. The highest BCUT2D eigenvalue weighted by atomic mass is 32.2. The third-order valence-electron chi connectivity index (χ3n) is 4.84. The van der Waals surface area contributed by atoms with E-state index < -0.39 is 15.8 Å². The van der Waals surface area contributed by atoms with E-state index in [2.05, 4.69) is 4.90 Å². The Hall–Kier alpha value is -0.980. The van der Waals surface area contributed by atoms with Crippen molar-refractivity contribution >= 4 is 10.0 Å². The molecule has 0 bridgehead atoms. The molecule has 1 aromatic rings. The topological polar surface area (TPSA) is 40.6 Å². The minimum absolute atomic E-state index is 0.230. The van der Waals surface area contributed by atoms with Crippen molar-refractivity contribution < 1.29 is 12.8 Å². The second kappa shape index (κ2) is 6.26. The second-order valence-electron chi connectivity index (χ2n) is 6.29. The molecule has 0 saturated carbocycles. The molecule has 2 heterocycles. The maximum Gasteiger partial charge on any atom is 0.243 e. The van der Waals surface area contributed by atoms with E-state index in [-0.39, 0.29) is 4.90 Å². The van der Waals surface area contributed by atoms with Gasteiger partial charge in [0, 0.05) is 19.1 Å². The summed E-state index contributed by atoms with van der Waals surface area (Å²) in [5.41, 5.74) is 0.474. The lowest BCUT2D eigenvalue weighted by atomic mass is 10.1. The highest BCUT2D eigenvalue weighted by molar-refractivity contribution is 7.89. The quantitative estimate of drug-likeness (QED) is 0.856. The van der Waals surface area contributed by atoms with E-state index in [1.165, 1.54) is 31.0 Å². The molecule has 0 amide bonds. The van der Waals surface area contributed by atoms with Crippen LogP contribution in [0, 0.1) is 12.7 Å². The van der Waals surface area contributed by atoms with Crippen molar-refractivity contribution in [2.75, 3.05) is 26.2 Å². The maximum atomic E-state index is 13.2. The van der Waals surface area contributed by atoms with Crippen LogP contribution in [0.1, 0.15) is 31.2 Å². The van der Waals surface area contributed by atoms with Gasteiger partial charge in [-0.25, -0.2) is 12.8 Å². The number of halogens is 1. The van der Waals surface area contributed by atoms with E-state index >= 15 is 0 Å². The van der Waals surface area contributed by atoms with Gasteiger partial charge in [-0.1, -0.05) is 0 Å². The Kier molecular flexibility index (Phi) is 4.52. The van der Waals surface area contributed by atoms with E-state index in [1.807, 2.05) is 0 Å². The number of benzene rings is 1. The fraction of sp³-hybridized carbons (Fsp3) is 0.625. The lowest BCUT2D eigenvalue weighted by molar-refractivity contribution is 0.168. The van der Waals surface area contributed by atoms with Gasteiger partial charge in [-0.15, -0.1) is 0 Å². The van der Waals surface area contributed by atoms with Gasteiger partial charge in [0.05, 0.1) is 4.90 Å². The van der Waals surface area contributed by atoms with Crippen molar-refractivity contribution in [2.45, 2.75) is 43.5 Å². The minimum atomic E-state index is -3.51. The van der Waals surface area contributed by atoms with Crippen LogP contribution < -0.4 is 0 Å². The molecule has 2 aliphatic rings. The summed E-state index contributed by atoms with van der Waals surface area (Å²) in [4.78, 5) is 2.72. The summed E-state index contributed by atoms with van der Waals surface area (Å²) in [5.74, 6) is -0.399. The molecule has 3 rings (SSSR count). The zero-order chi connectivity index (χ0) is 15.7. The summed E-state index contributed by atoms with van der Waals surface area (Å²) in [6, 6.07) is 4.40. The minimum Gasteiger partial charge on any atom is -0.300 e. The second-order valence-corrected chi connectivity index (χ2v) is 8.19. The van der Waals surface area contributed by atoms with Gasteiger partial charge in [0.2, 0.25) is 10.0 Å². The Labute approximate surface area is 132 Å². The molecular weight excluding hydrogens is 303 g/mol. The van der Waals surface area contributed by atoms with Gasteiger partial charge in [-0.2, -0.15) is 4.31 Å². The molecule has 122 valence electrons. The third-order valence-corrected chi connectivity index (χ3v) is 6.89. The van der Waals surface area contributed by atoms with E-state index in [1.54, 1.807) is 11.2 Å². The summed E-state index contributed by atoms with van der Waals surface area (Å²) in [7, 11) is -3.51. The van der Waals surface area contributed by atoms with Crippen LogP contribution in [0.5, 0.6) is 0 Å². The molecule has 2 aliphatic heterocycles.